The summed E-state index contributed by atoms with van der Waals surface area (Å²) in [5, 5.41) is 0. The number of methoxy groups -OCH3 is 1. The minimum atomic E-state index is -1.05. The lowest BCUT2D eigenvalue weighted by Crippen LogP contribution is -2.11. The Hall–Kier alpha value is -2.18. The summed E-state index contributed by atoms with van der Waals surface area (Å²) in [5.74, 6) is -3.40. The molecule has 0 aliphatic rings. The van der Waals surface area contributed by atoms with Gasteiger partial charge in [-0.3, -0.25) is 4.79 Å². The lowest BCUT2D eigenvalue weighted by molar-refractivity contribution is -0.140. The van der Waals surface area contributed by atoms with Gasteiger partial charge in [0.2, 0.25) is 0 Å². The fraction of sp³-hybridized carbons (Fsp3) is 0.333. The molecule has 0 unspecified atom stereocenters. The summed E-state index contributed by atoms with van der Waals surface area (Å²) in [5.41, 5.74) is 4.44. The van der Waals surface area contributed by atoms with Gasteiger partial charge >= 0.3 is 11.9 Å². The van der Waals surface area contributed by atoms with E-state index in [1.165, 1.54) is 7.11 Å². The van der Waals surface area contributed by atoms with E-state index in [9.17, 15) is 18.4 Å². The number of anilines is 1. The van der Waals surface area contributed by atoms with Crippen LogP contribution in [0.4, 0.5) is 14.5 Å². The number of nitrogens with two attached hydrogens (primary N) is 1. The van der Waals surface area contributed by atoms with E-state index in [-0.39, 0.29) is 25.1 Å². The van der Waals surface area contributed by atoms with Gasteiger partial charge in [0.25, 0.3) is 0 Å². The van der Waals surface area contributed by atoms with E-state index in [0.29, 0.717) is 6.07 Å². The summed E-state index contributed by atoms with van der Waals surface area (Å²) in [6, 6.07) is 1.38. The van der Waals surface area contributed by atoms with Crippen molar-refractivity contribution in [1.82, 2.24) is 0 Å². The Labute approximate surface area is 108 Å². The molecule has 7 heteroatoms. The Morgan fingerprint density at radius 2 is 1.95 bits per heavy atom. The predicted molar refractivity (Wildman–Crippen MR) is 62.3 cm³/mol. The molecule has 0 bridgehead atoms. The van der Waals surface area contributed by atoms with E-state index < -0.39 is 29.1 Å². The third kappa shape index (κ3) is 4.20. The molecule has 0 saturated carbocycles. The highest BCUT2D eigenvalue weighted by molar-refractivity contribution is 5.90. The molecule has 0 aliphatic heterocycles. The van der Waals surface area contributed by atoms with E-state index >= 15 is 0 Å². The van der Waals surface area contributed by atoms with Crippen LogP contribution in [0.5, 0.6) is 0 Å². The minimum Gasteiger partial charge on any atom is -0.469 e. The smallest absolute Gasteiger partial charge is 0.341 e. The maximum atomic E-state index is 13.3. The molecule has 1 aromatic carbocycles. The molecule has 5 nitrogen and oxygen atoms in total. The number of hydrogen-bond donors (Lipinski definition) is 1. The van der Waals surface area contributed by atoms with Gasteiger partial charge in [0.05, 0.1) is 25.0 Å². The topological polar surface area (TPSA) is 78.6 Å². The first-order valence-corrected chi connectivity index (χ1v) is 5.44. The molecule has 0 saturated heterocycles. The van der Waals surface area contributed by atoms with Gasteiger partial charge in [0.1, 0.15) is 11.6 Å². The summed E-state index contributed by atoms with van der Waals surface area (Å²) in [7, 11) is 1.24. The van der Waals surface area contributed by atoms with Gasteiger partial charge in [-0.05, 0) is 12.5 Å². The highest BCUT2D eigenvalue weighted by Gasteiger charge is 2.16. The number of rotatable bonds is 5. The first kappa shape index (κ1) is 14.9. The first-order chi connectivity index (χ1) is 8.95. The largest absolute Gasteiger partial charge is 0.469 e. The van der Waals surface area contributed by atoms with Gasteiger partial charge in [-0.1, -0.05) is 0 Å². The second-order valence-corrected chi connectivity index (χ2v) is 3.67. The highest BCUT2D eigenvalue weighted by Crippen LogP contribution is 2.17. The van der Waals surface area contributed by atoms with Gasteiger partial charge in [-0.2, -0.15) is 0 Å². The van der Waals surface area contributed by atoms with Crippen molar-refractivity contribution in [3.8, 4) is 0 Å². The van der Waals surface area contributed by atoms with Crippen LogP contribution >= 0.6 is 0 Å². The van der Waals surface area contributed by atoms with Crippen molar-refractivity contribution in [1.29, 1.82) is 0 Å². The lowest BCUT2D eigenvalue weighted by Gasteiger charge is -2.06. The number of hydrogen-bond acceptors (Lipinski definition) is 5. The quantitative estimate of drug-likeness (QED) is 0.501. The molecule has 104 valence electrons. The molecule has 1 rings (SSSR count). The lowest BCUT2D eigenvalue weighted by atomic mass is 10.2. The Kier molecular flexibility index (Phi) is 5.23. The van der Waals surface area contributed by atoms with Crippen molar-refractivity contribution in [3.63, 3.8) is 0 Å². The van der Waals surface area contributed by atoms with Crippen LogP contribution in [0.15, 0.2) is 12.1 Å². The summed E-state index contributed by atoms with van der Waals surface area (Å²) in [6.45, 7) is -0.0787. The maximum absolute atomic E-state index is 13.3. The predicted octanol–water partition coefficient (Wildman–Crippen LogP) is 1.66. The minimum absolute atomic E-state index is 0.0787. The van der Waals surface area contributed by atoms with Gasteiger partial charge < -0.3 is 15.2 Å². The van der Waals surface area contributed by atoms with E-state index in [1.807, 2.05) is 0 Å². The van der Waals surface area contributed by atoms with Crippen molar-refractivity contribution in [2.45, 2.75) is 12.8 Å². The number of nitrogen functional groups attached to an aromatic ring is 1. The zero-order chi connectivity index (χ0) is 14.4. The maximum Gasteiger partial charge on any atom is 0.341 e. The number of benzene rings is 1. The van der Waals surface area contributed by atoms with Crippen LogP contribution in [0.1, 0.15) is 23.2 Å². The molecule has 0 radical (unpaired) electrons. The van der Waals surface area contributed by atoms with Gasteiger partial charge in [-0.25, -0.2) is 13.6 Å². The summed E-state index contributed by atoms with van der Waals surface area (Å²) >= 11 is 0. The summed E-state index contributed by atoms with van der Waals surface area (Å²) in [6.07, 6.45) is 0.328. The monoisotopic (exact) mass is 273 g/mol. The van der Waals surface area contributed by atoms with Crippen molar-refractivity contribution in [3.05, 3.63) is 29.3 Å². The fourth-order valence-corrected chi connectivity index (χ4v) is 1.28. The Morgan fingerprint density at radius 3 is 2.58 bits per heavy atom. The number of ether oxygens (including phenoxy) is 2. The SMILES string of the molecule is COC(=O)CCCOC(=O)c1cc(N)c(F)cc1F. The van der Waals surface area contributed by atoms with Crippen LogP contribution < -0.4 is 5.73 Å². The normalized spacial score (nSPS) is 10.1. The Balaban J connectivity index is 2.55. The third-order valence-electron chi connectivity index (χ3n) is 2.29. The summed E-state index contributed by atoms with van der Waals surface area (Å²) < 4.78 is 35.3. The Morgan fingerprint density at radius 1 is 1.26 bits per heavy atom. The van der Waals surface area contributed by atoms with Crippen molar-refractivity contribution in [2.75, 3.05) is 19.5 Å². The van der Waals surface area contributed by atoms with Gasteiger partial charge in [0, 0.05) is 12.5 Å². The highest BCUT2D eigenvalue weighted by atomic mass is 19.1. The second kappa shape index (κ2) is 6.67. The van der Waals surface area contributed by atoms with Crippen molar-refractivity contribution < 1.29 is 27.8 Å². The second-order valence-electron chi connectivity index (χ2n) is 3.67. The molecular weight excluding hydrogens is 260 g/mol. The molecular formula is C12H13F2NO4. The molecule has 0 aromatic heterocycles. The standard InChI is InChI=1S/C12H13F2NO4/c1-18-11(16)3-2-4-19-12(17)7-5-10(15)9(14)6-8(7)13/h5-6H,2-4,15H2,1H3. The molecule has 2 N–H and O–H groups in total. The fourth-order valence-electron chi connectivity index (χ4n) is 1.28. The molecule has 19 heavy (non-hydrogen) atoms. The van der Waals surface area contributed by atoms with Gasteiger partial charge in [-0.15, -0.1) is 0 Å². The van der Waals surface area contributed by atoms with E-state index in [4.69, 9.17) is 10.5 Å². The van der Waals surface area contributed by atoms with E-state index in [2.05, 4.69) is 4.74 Å². The van der Waals surface area contributed by atoms with Crippen LogP contribution in [0.25, 0.3) is 0 Å². The number of carbonyl (C=O) groups excluding carboxylic acids is 2. The van der Waals surface area contributed by atoms with E-state index in [0.717, 1.165) is 6.07 Å². The average molecular weight is 273 g/mol. The number of esters is 2. The van der Waals surface area contributed by atoms with Crippen LogP contribution in [-0.4, -0.2) is 25.7 Å². The zero-order valence-corrected chi connectivity index (χ0v) is 10.2. The molecule has 0 heterocycles. The van der Waals surface area contributed by atoms with Crippen LogP contribution in [0.2, 0.25) is 0 Å². The molecule has 0 amide bonds. The first-order valence-electron chi connectivity index (χ1n) is 5.44. The molecule has 0 fully saturated rings. The van der Waals surface area contributed by atoms with Crippen LogP contribution in [0.3, 0.4) is 0 Å². The third-order valence-corrected chi connectivity index (χ3v) is 2.29. The number of carbonyl (C=O) groups is 2. The molecule has 0 aliphatic carbocycles. The Bertz CT molecular complexity index is 491. The van der Waals surface area contributed by atoms with Crippen molar-refractivity contribution in [2.24, 2.45) is 0 Å². The average Bonchev–Trinajstić information content (AvgIpc) is 2.38. The molecule has 0 spiro atoms. The van der Waals surface area contributed by atoms with Crippen molar-refractivity contribution >= 4 is 17.6 Å². The van der Waals surface area contributed by atoms with E-state index in [1.54, 1.807) is 0 Å². The molecule has 0 atom stereocenters. The van der Waals surface area contributed by atoms with Crippen LogP contribution in [-0.2, 0) is 14.3 Å². The van der Waals surface area contributed by atoms with Crippen LogP contribution in [0, 0.1) is 11.6 Å². The van der Waals surface area contributed by atoms with Gasteiger partial charge in [0.15, 0.2) is 0 Å². The summed E-state index contributed by atoms with van der Waals surface area (Å²) in [4.78, 5) is 22.3. The zero-order valence-electron chi connectivity index (χ0n) is 10.2. The molecule has 1 aromatic rings. The number of halogens is 2.